The van der Waals surface area contributed by atoms with Crippen LogP contribution < -0.4 is 37.9 Å². The molecule has 0 saturated heterocycles. The Labute approximate surface area is 354 Å². The van der Waals surface area contributed by atoms with E-state index in [4.69, 9.17) is 15.2 Å². The molecule has 0 radical (unpaired) electrons. The number of amides is 5. The maximum atomic E-state index is 14.0. The minimum absolute atomic E-state index is 0.00795. The SMILES string of the molecule is NC(=O)C1C[C@@H](C(=O)N[C@@H](COCc2ccccc2)C(=O)NCc2ccc(B(O)O)cc2)C[C@@H](C(=O)N[C@@H](COCc2ccccc2)C(=O)NCc2ccc(B(O)O)cc2)C1. The van der Waals surface area contributed by atoms with Gasteiger partial charge < -0.3 is 56.6 Å². The third-order valence-corrected chi connectivity index (χ3v) is 10.4. The average molecular weight is 836 g/mol. The maximum Gasteiger partial charge on any atom is 0.488 e. The molecule has 61 heavy (non-hydrogen) atoms. The minimum atomic E-state index is -1.64. The first kappa shape index (κ1) is 46.2. The zero-order valence-electron chi connectivity index (χ0n) is 33.5. The van der Waals surface area contributed by atoms with E-state index < -0.39 is 73.6 Å². The van der Waals surface area contributed by atoms with Gasteiger partial charge in [0, 0.05) is 30.8 Å². The summed E-state index contributed by atoms with van der Waals surface area (Å²) in [5.74, 6) is -5.68. The lowest BCUT2D eigenvalue weighted by Gasteiger charge is -2.33. The lowest BCUT2D eigenvalue weighted by atomic mass is 9.74. The molecule has 4 aromatic carbocycles. The van der Waals surface area contributed by atoms with Crippen LogP contribution in [0.2, 0.25) is 0 Å². The number of carbonyl (C=O) groups excluding carboxylic acids is 5. The van der Waals surface area contributed by atoms with Gasteiger partial charge in [0.05, 0.1) is 26.4 Å². The Balaban J connectivity index is 1.26. The van der Waals surface area contributed by atoms with Crippen LogP contribution in [0.3, 0.4) is 0 Å². The van der Waals surface area contributed by atoms with Gasteiger partial charge in [-0.1, -0.05) is 109 Å². The van der Waals surface area contributed by atoms with E-state index in [1.165, 1.54) is 24.3 Å². The number of nitrogens with two attached hydrogens (primary N) is 1. The number of carbonyl (C=O) groups is 5. The van der Waals surface area contributed by atoms with Gasteiger partial charge in [-0.15, -0.1) is 0 Å². The summed E-state index contributed by atoms with van der Waals surface area (Å²) in [6, 6.07) is 28.7. The quantitative estimate of drug-likeness (QED) is 0.0456. The number of hydrogen-bond acceptors (Lipinski definition) is 11. The number of benzene rings is 4. The average Bonchev–Trinajstić information content (AvgIpc) is 3.27. The van der Waals surface area contributed by atoms with Gasteiger partial charge in [0.2, 0.25) is 29.5 Å². The number of nitrogens with one attached hydrogen (secondary N) is 4. The Kier molecular flexibility index (Phi) is 17.6. The van der Waals surface area contributed by atoms with Gasteiger partial charge in [-0.05, 0) is 52.4 Å². The predicted octanol–water partition coefficient (Wildman–Crippen LogP) is -1.10. The first-order valence-electron chi connectivity index (χ1n) is 19.9. The molecule has 0 aliphatic heterocycles. The fraction of sp³-hybridized carbons (Fsp3) is 0.326. The smallest absolute Gasteiger partial charge is 0.423 e. The van der Waals surface area contributed by atoms with Crippen LogP contribution in [0.15, 0.2) is 109 Å². The van der Waals surface area contributed by atoms with E-state index in [1.54, 1.807) is 24.3 Å². The lowest BCUT2D eigenvalue weighted by molar-refractivity contribution is -0.139. The summed E-state index contributed by atoms with van der Waals surface area (Å²) < 4.78 is 11.7. The molecular weight excluding hydrogens is 784 g/mol. The van der Waals surface area contributed by atoms with Crippen molar-refractivity contribution < 1.29 is 53.5 Å². The molecule has 1 aliphatic carbocycles. The number of hydrogen-bond donors (Lipinski definition) is 9. The summed E-state index contributed by atoms with van der Waals surface area (Å²) in [5.41, 5.74) is 9.32. The normalized spacial score (nSPS) is 17.0. The molecule has 1 saturated carbocycles. The van der Waals surface area contributed by atoms with Crippen LogP contribution in [-0.2, 0) is 59.7 Å². The van der Waals surface area contributed by atoms with Crippen molar-refractivity contribution in [2.45, 2.75) is 57.6 Å². The molecule has 0 aromatic heterocycles. The van der Waals surface area contributed by atoms with E-state index in [1.807, 2.05) is 60.7 Å². The summed E-state index contributed by atoms with van der Waals surface area (Å²) in [7, 11) is -3.29. The highest BCUT2D eigenvalue weighted by atomic mass is 16.5. The molecule has 10 N–H and O–H groups in total. The Morgan fingerprint density at radius 3 is 1.25 bits per heavy atom. The van der Waals surface area contributed by atoms with Crippen molar-refractivity contribution in [2.24, 2.45) is 23.5 Å². The zero-order valence-corrected chi connectivity index (χ0v) is 33.5. The van der Waals surface area contributed by atoms with Crippen molar-refractivity contribution in [3.63, 3.8) is 0 Å². The van der Waals surface area contributed by atoms with E-state index >= 15 is 0 Å². The van der Waals surface area contributed by atoms with Gasteiger partial charge in [0.1, 0.15) is 12.1 Å². The molecule has 1 aliphatic rings. The van der Waals surface area contributed by atoms with Crippen LogP contribution in [0.1, 0.15) is 41.5 Å². The topological polar surface area (TPSA) is 259 Å². The minimum Gasteiger partial charge on any atom is -0.423 e. The fourth-order valence-corrected chi connectivity index (χ4v) is 6.90. The van der Waals surface area contributed by atoms with Gasteiger partial charge in [0.25, 0.3) is 0 Å². The second-order valence-electron chi connectivity index (χ2n) is 15.0. The molecule has 18 heteroatoms. The Morgan fingerprint density at radius 1 is 0.541 bits per heavy atom. The molecule has 5 atom stereocenters. The highest BCUT2D eigenvalue weighted by Crippen LogP contribution is 2.34. The standard InChI is InChI=1S/C43H51B2N5O11/c46-39(51)32-19-33(40(52)49-37(26-60-24-30-7-3-1-4-8-30)42(54)47-22-28-11-15-35(16-12-28)44(56)57)21-34(20-32)41(53)50-38(27-61-25-31-9-5-2-6-10-31)43(55)48-23-29-13-17-36(18-14-29)45(58)59/h1-18,32-34,37-38,56-59H,19-27H2,(H2,46,51)(H,47,54)(H,48,55)(H,49,52)(H,50,53)/t32?,33-,34+,37-,38-/m0/s1. The number of primary amides is 1. The van der Waals surface area contributed by atoms with E-state index in [2.05, 4.69) is 21.3 Å². The third kappa shape index (κ3) is 14.7. The summed E-state index contributed by atoms with van der Waals surface area (Å²) in [6.45, 7) is 0.0301. The first-order chi connectivity index (χ1) is 29.4. The fourth-order valence-electron chi connectivity index (χ4n) is 6.90. The Hall–Kier alpha value is -5.88. The molecule has 0 heterocycles. The van der Waals surface area contributed by atoms with Crippen molar-refractivity contribution >= 4 is 54.7 Å². The number of rotatable bonds is 21. The molecule has 4 aromatic rings. The van der Waals surface area contributed by atoms with Crippen molar-refractivity contribution in [3.05, 3.63) is 131 Å². The molecule has 1 unspecified atom stereocenters. The van der Waals surface area contributed by atoms with Crippen LogP contribution in [-0.4, -0.2) is 89.2 Å². The first-order valence-corrected chi connectivity index (χ1v) is 19.9. The summed E-state index contributed by atoms with van der Waals surface area (Å²) in [4.78, 5) is 67.6. The van der Waals surface area contributed by atoms with Crippen molar-refractivity contribution in [1.82, 2.24) is 21.3 Å². The predicted molar refractivity (Wildman–Crippen MR) is 226 cm³/mol. The van der Waals surface area contributed by atoms with Crippen molar-refractivity contribution in [3.8, 4) is 0 Å². The highest BCUT2D eigenvalue weighted by Gasteiger charge is 2.40. The monoisotopic (exact) mass is 835 g/mol. The van der Waals surface area contributed by atoms with E-state index in [9.17, 15) is 44.1 Å². The molecule has 0 spiro atoms. The maximum absolute atomic E-state index is 14.0. The summed E-state index contributed by atoms with van der Waals surface area (Å²) in [5, 5.41) is 48.7. The van der Waals surface area contributed by atoms with Gasteiger partial charge in [0.15, 0.2) is 0 Å². The van der Waals surface area contributed by atoms with Gasteiger partial charge in [-0.2, -0.15) is 0 Å². The van der Waals surface area contributed by atoms with Crippen molar-refractivity contribution in [2.75, 3.05) is 13.2 Å². The second-order valence-corrected chi connectivity index (χ2v) is 15.0. The van der Waals surface area contributed by atoms with E-state index in [-0.39, 0.29) is 69.7 Å². The van der Waals surface area contributed by atoms with Crippen LogP contribution in [0.5, 0.6) is 0 Å². The van der Waals surface area contributed by atoms with Crippen LogP contribution >= 0.6 is 0 Å². The highest BCUT2D eigenvalue weighted by molar-refractivity contribution is 6.58. The molecule has 0 bridgehead atoms. The van der Waals surface area contributed by atoms with E-state index in [0.717, 1.165) is 11.1 Å². The molecule has 1 fully saturated rings. The second kappa shape index (κ2) is 23.2. The molecule has 5 rings (SSSR count). The van der Waals surface area contributed by atoms with Gasteiger partial charge in [-0.3, -0.25) is 24.0 Å². The molecular formula is C43H51B2N5O11. The molecule has 16 nitrogen and oxygen atoms in total. The van der Waals surface area contributed by atoms with Crippen LogP contribution in [0, 0.1) is 17.8 Å². The Morgan fingerprint density at radius 2 is 0.902 bits per heavy atom. The lowest BCUT2D eigenvalue weighted by Crippen LogP contribution is -2.54. The van der Waals surface area contributed by atoms with Gasteiger partial charge in [-0.25, -0.2) is 0 Å². The zero-order chi connectivity index (χ0) is 43.7. The van der Waals surface area contributed by atoms with E-state index in [0.29, 0.717) is 11.1 Å². The summed E-state index contributed by atoms with van der Waals surface area (Å²) in [6.07, 6.45) is 0.0544. The van der Waals surface area contributed by atoms with Crippen LogP contribution in [0.25, 0.3) is 0 Å². The molecule has 320 valence electrons. The largest absolute Gasteiger partial charge is 0.488 e. The Bertz CT molecular complexity index is 1910. The molecule has 5 amide bonds. The van der Waals surface area contributed by atoms with Crippen LogP contribution in [0.4, 0.5) is 0 Å². The van der Waals surface area contributed by atoms with Crippen molar-refractivity contribution in [1.29, 1.82) is 0 Å². The number of ether oxygens (including phenoxy) is 2. The van der Waals surface area contributed by atoms with Gasteiger partial charge >= 0.3 is 14.2 Å². The summed E-state index contributed by atoms with van der Waals surface area (Å²) >= 11 is 0. The third-order valence-electron chi connectivity index (χ3n) is 10.4.